The van der Waals surface area contributed by atoms with E-state index in [9.17, 15) is 0 Å². The second kappa shape index (κ2) is 3.31. The first-order chi connectivity index (χ1) is 4.30. The number of thioether (sulfide) groups is 1. The Morgan fingerprint density at radius 2 is 2.11 bits per heavy atom. The lowest BCUT2D eigenvalue weighted by Crippen LogP contribution is -2.07. The Balaban J connectivity index is 2.42. The monoisotopic (exact) mass is 142 g/mol. The topological polar surface area (TPSA) is 0 Å². The molecule has 52 valence electrons. The molecule has 0 saturated carbocycles. The van der Waals surface area contributed by atoms with Gasteiger partial charge in [0.2, 0.25) is 0 Å². The lowest BCUT2D eigenvalue weighted by atomic mass is 10.1. The van der Waals surface area contributed by atoms with Crippen LogP contribution in [0, 0.1) is 5.92 Å². The molecule has 9 heavy (non-hydrogen) atoms. The normalized spacial score (nSPS) is 36.2. The summed E-state index contributed by atoms with van der Waals surface area (Å²) in [5.74, 6) is 2.08. The van der Waals surface area contributed by atoms with Crippen molar-refractivity contribution < 1.29 is 0 Å². The highest BCUT2D eigenvalue weighted by Crippen LogP contribution is 2.24. The molecule has 1 heteroatoms. The molecular formula is C8H14S. The molecule has 0 aromatic rings. The van der Waals surface area contributed by atoms with Gasteiger partial charge in [-0.1, -0.05) is 26.0 Å². The quantitative estimate of drug-likeness (QED) is 0.469. The van der Waals surface area contributed by atoms with Gasteiger partial charge in [0.05, 0.1) is 0 Å². The minimum atomic E-state index is 0.847. The minimum absolute atomic E-state index is 0.847. The zero-order valence-electron chi connectivity index (χ0n) is 6.13. The predicted molar refractivity (Wildman–Crippen MR) is 44.8 cm³/mol. The van der Waals surface area contributed by atoms with Gasteiger partial charge in [0.15, 0.2) is 0 Å². The van der Waals surface area contributed by atoms with Crippen LogP contribution in [0.1, 0.15) is 20.3 Å². The van der Waals surface area contributed by atoms with Crippen LogP contribution in [-0.2, 0) is 0 Å². The molecule has 0 spiro atoms. The van der Waals surface area contributed by atoms with E-state index in [-0.39, 0.29) is 0 Å². The molecule has 0 aromatic heterocycles. The van der Waals surface area contributed by atoms with E-state index in [1.54, 1.807) is 0 Å². The van der Waals surface area contributed by atoms with Crippen molar-refractivity contribution in [3.05, 3.63) is 12.2 Å². The smallest absolute Gasteiger partial charge is 0.0116 e. The Bertz CT molecular complexity index is 107. The molecule has 0 nitrogen and oxygen atoms in total. The summed E-state index contributed by atoms with van der Waals surface area (Å²) in [5.41, 5.74) is 0. The van der Waals surface area contributed by atoms with Crippen LogP contribution in [0.2, 0.25) is 0 Å². The van der Waals surface area contributed by atoms with Gasteiger partial charge in [-0.3, -0.25) is 0 Å². The van der Waals surface area contributed by atoms with Gasteiger partial charge < -0.3 is 0 Å². The van der Waals surface area contributed by atoms with Crippen molar-refractivity contribution in [2.45, 2.75) is 25.5 Å². The summed E-state index contributed by atoms with van der Waals surface area (Å²) in [5, 5.41) is 0.847. The highest BCUT2D eigenvalue weighted by molar-refractivity contribution is 8.00. The van der Waals surface area contributed by atoms with Gasteiger partial charge in [-0.15, -0.1) is 0 Å². The van der Waals surface area contributed by atoms with Gasteiger partial charge >= 0.3 is 0 Å². The van der Waals surface area contributed by atoms with Crippen molar-refractivity contribution in [3.8, 4) is 0 Å². The fourth-order valence-corrected chi connectivity index (χ4v) is 1.93. The number of rotatable bonds is 0. The summed E-state index contributed by atoms with van der Waals surface area (Å²) in [4.78, 5) is 0. The van der Waals surface area contributed by atoms with E-state index in [1.165, 1.54) is 12.2 Å². The first kappa shape index (κ1) is 7.20. The van der Waals surface area contributed by atoms with Gasteiger partial charge in [-0.05, 0) is 12.3 Å². The summed E-state index contributed by atoms with van der Waals surface area (Å²) >= 11 is 2.06. The molecule has 0 fully saturated rings. The first-order valence-electron chi connectivity index (χ1n) is 3.57. The Hall–Kier alpha value is 0.0900. The van der Waals surface area contributed by atoms with E-state index in [0.717, 1.165) is 11.2 Å². The fraction of sp³-hybridized carbons (Fsp3) is 0.750. The molecule has 0 aromatic carbocycles. The van der Waals surface area contributed by atoms with Gasteiger partial charge in [0, 0.05) is 11.0 Å². The van der Waals surface area contributed by atoms with Crippen molar-refractivity contribution in [2.24, 2.45) is 5.92 Å². The first-order valence-corrected chi connectivity index (χ1v) is 4.62. The van der Waals surface area contributed by atoms with Crippen molar-refractivity contribution in [3.63, 3.8) is 0 Å². The molecule has 0 N–H and O–H groups in total. The number of hydrogen-bond donors (Lipinski definition) is 0. The van der Waals surface area contributed by atoms with E-state index in [4.69, 9.17) is 0 Å². The SMILES string of the molecule is CC1CC=CCSC1C. The Morgan fingerprint density at radius 3 is 2.89 bits per heavy atom. The van der Waals surface area contributed by atoms with Crippen molar-refractivity contribution in [2.75, 3.05) is 5.75 Å². The molecule has 0 aliphatic carbocycles. The lowest BCUT2D eigenvalue weighted by Gasteiger charge is -2.14. The molecule has 2 unspecified atom stereocenters. The van der Waals surface area contributed by atoms with Crippen LogP contribution < -0.4 is 0 Å². The van der Waals surface area contributed by atoms with E-state index in [0.29, 0.717) is 0 Å². The van der Waals surface area contributed by atoms with Crippen LogP contribution in [-0.4, -0.2) is 11.0 Å². The third-order valence-electron chi connectivity index (χ3n) is 1.93. The molecule has 1 aliphatic rings. The van der Waals surface area contributed by atoms with Crippen LogP contribution in [0.3, 0.4) is 0 Å². The summed E-state index contributed by atoms with van der Waals surface area (Å²) < 4.78 is 0. The third-order valence-corrected chi connectivity index (χ3v) is 3.31. The van der Waals surface area contributed by atoms with Gasteiger partial charge in [-0.2, -0.15) is 11.8 Å². The van der Waals surface area contributed by atoms with E-state index < -0.39 is 0 Å². The van der Waals surface area contributed by atoms with Gasteiger partial charge in [0.1, 0.15) is 0 Å². The maximum absolute atomic E-state index is 2.33. The van der Waals surface area contributed by atoms with Crippen LogP contribution in [0.5, 0.6) is 0 Å². The average molecular weight is 142 g/mol. The number of allylic oxidation sites excluding steroid dienone is 1. The van der Waals surface area contributed by atoms with E-state index in [1.807, 2.05) is 0 Å². The molecule has 0 amide bonds. The van der Waals surface area contributed by atoms with Crippen LogP contribution >= 0.6 is 11.8 Å². The predicted octanol–water partition coefficient (Wildman–Crippen LogP) is 2.70. The Kier molecular flexibility index (Phi) is 2.65. The van der Waals surface area contributed by atoms with E-state index in [2.05, 4.69) is 37.8 Å². The zero-order chi connectivity index (χ0) is 6.69. The molecule has 2 atom stereocenters. The fourth-order valence-electron chi connectivity index (χ4n) is 0.942. The maximum atomic E-state index is 2.33. The summed E-state index contributed by atoms with van der Waals surface area (Å²) in [6.07, 6.45) is 5.86. The maximum Gasteiger partial charge on any atom is 0.0116 e. The van der Waals surface area contributed by atoms with Crippen LogP contribution in [0.15, 0.2) is 12.2 Å². The second-order valence-corrected chi connectivity index (χ2v) is 4.13. The highest BCUT2D eigenvalue weighted by atomic mass is 32.2. The summed E-state index contributed by atoms with van der Waals surface area (Å²) in [6.45, 7) is 4.65. The van der Waals surface area contributed by atoms with Gasteiger partial charge in [0.25, 0.3) is 0 Å². The third kappa shape index (κ3) is 2.05. The largest absolute Gasteiger partial charge is 0.154 e. The molecule has 1 rings (SSSR count). The zero-order valence-corrected chi connectivity index (χ0v) is 6.95. The Morgan fingerprint density at radius 1 is 1.33 bits per heavy atom. The molecule has 0 bridgehead atoms. The molecule has 1 aliphatic heterocycles. The molecule has 1 heterocycles. The molecule has 0 saturated heterocycles. The summed E-state index contributed by atoms with van der Waals surface area (Å²) in [7, 11) is 0. The minimum Gasteiger partial charge on any atom is -0.154 e. The van der Waals surface area contributed by atoms with Crippen LogP contribution in [0.4, 0.5) is 0 Å². The highest BCUT2D eigenvalue weighted by Gasteiger charge is 2.11. The van der Waals surface area contributed by atoms with Crippen molar-refractivity contribution in [1.82, 2.24) is 0 Å². The number of hydrogen-bond acceptors (Lipinski definition) is 1. The molecular weight excluding hydrogens is 128 g/mol. The average Bonchev–Trinajstić information content (AvgIpc) is 1.99. The van der Waals surface area contributed by atoms with Crippen molar-refractivity contribution >= 4 is 11.8 Å². The van der Waals surface area contributed by atoms with Crippen LogP contribution in [0.25, 0.3) is 0 Å². The van der Waals surface area contributed by atoms with Gasteiger partial charge in [-0.25, -0.2) is 0 Å². The lowest BCUT2D eigenvalue weighted by molar-refractivity contribution is 0.589. The standard InChI is InChI=1S/C8H14S/c1-7-5-3-4-6-9-8(7)2/h3-4,7-8H,5-6H2,1-2H3. The second-order valence-electron chi connectivity index (χ2n) is 2.72. The Labute approximate surface area is 61.7 Å². The van der Waals surface area contributed by atoms with E-state index >= 15 is 0 Å². The molecule has 0 radical (unpaired) electrons. The summed E-state index contributed by atoms with van der Waals surface area (Å²) in [6, 6.07) is 0. The van der Waals surface area contributed by atoms with Crippen molar-refractivity contribution in [1.29, 1.82) is 0 Å².